The predicted octanol–water partition coefficient (Wildman–Crippen LogP) is 0.875. The van der Waals surface area contributed by atoms with Crippen LogP contribution < -0.4 is 0 Å². The normalized spacial score (nSPS) is 22.4. The van der Waals surface area contributed by atoms with Gasteiger partial charge in [-0.25, -0.2) is 5.11 Å². The summed E-state index contributed by atoms with van der Waals surface area (Å²) in [6, 6.07) is 0. The van der Waals surface area contributed by atoms with Gasteiger partial charge >= 0.3 is 0 Å². The monoisotopic (exact) mass is 158 g/mol. The van der Waals surface area contributed by atoms with Gasteiger partial charge < -0.3 is 4.74 Å². The molecule has 1 fully saturated rings. The number of ether oxygens (including phenoxy) is 1. The Morgan fingerprint density at radius 2 is 2.09 bits per heavy atom. The second-order valence-electron chi connectivity index (χ2n) is 2.98. The second-order valence-corrected chi connectivity index (χ2v) is 2.98. The zero-order valence-electron chi connectivity index (χ0n) is 7.08. The van der Waals surface area contributed by atoms with Crippen molar-refractivity contribution >= 4 is 0 Å². The van der Waals surface area contributed by atoms with E-state index in [9.17, 15) is 5.11 Å². The summed E-state index contributed by atoms with van der Waals surface area (Å²) < 4.78 is 4.85. The van der Waals surface area contributed by atoms with Gasteiger partial charge in [-0.15, -0.1) is 0 Å². The Bertz CT molecular complexity index is 102. The molecule has 3 heteroatoms. The van der Waals surface area contributed by atoms with E-state index < -0.39 is 6.23 Å². The average Bonchev–Trinajstić information content (AvgIpc) is 2.52. The summed E-state index contributed by atoms with van der Waals surface area (Å²) in [5.41, 5.74) is 0. The number of nitrogens with zero attached hydrogens (tertiary/aromatic N) is 1. The molecule has 1 saturated heterocycles. The Hall–Kier alpha value is -0.120. The minimum atomic E-state index is -0.530. The number of rotatable bonds is 4. The standard InChI is InChI=1S/C8H16NO2/c1-11-7-4-8(10)9-5-2-3-6-9/h8H,2-7H2,1H3. The van der Waals surface area contributed by atoms with Crippen LogP contribution in [0.15, 0.2) is 0 Å². The lowest BCUT2D eigenvalue weighted by molar-refractivity contribution is -0.0527. The number of likely N-dealkylation sites (tertiary alicyclic amines) is 1. The lowest BCUT2D eigenvalue weighted by Gasteiger charge is -2.19. The Morgan fingerprint density at radius 1 is 1.45 bits per heavy atom. The van der Waals surface area contributed by atoms with E-state index in [1.54, 1.807) is 7.11 Å². The van der Waals surface area contributed by atoms with Crippen LogP contribution in [0, 0.1) is 0 Å². The lowest BCUT2D eigenvalue weighted by Crippen LogP contribution is -2.32. The van der Waals surface area contributed by atoms with Gasteiger partial charge in [0.2, 0.25) is 0 Å². The molecular weight excluding hydrogens is 142 g/mol. The van der Waals surface area contributed by atoms with Gasteiger partial charge in [0.1, 0.15) is 6.23 Å². The van der Waals surface area contributed by atoms with Gasteiger partial charge in [-0.05, 0) is 12.8 Å². The highest BCUT2D eigenvalue weighted by Gasteiger charge is 2.19. The second kappa shape index (κ2) is 4.70. The van der Waals surface area contributed by atoms with Crippen LogP contribution in [0.1, 0.15) is 19.3 Å². The molecule has 1 atom stereocenters. The fraction of sp³-hybridized carbons (Fsp3) is 1.00. The van der Waals surface area contributed by atoms with Crippen molar-refractivity contribution in [2.45, 2.75) is 25.5 Å². The van der Waals surface area contributed by atoms with E-state index in [1.807, 2.05) is 4.90 Å². The molecule has 0 aromatic heterocycles. The van der Waals surface area contributed by atoms with Crippen molar-refractivity contribution in [1.82, 2.24) is 4.90 Å². The van der Waals surface area contributed by atoms with Crippen molar-refractivity contribution in [3.63, 3.8) is 0 Å². The van der Waals surface area contributed by atoms with E-state index in [-0.39, 0.29) is 0 Å². The van der Waals surface area contributed by atoms with Crippen LogP contribution in [0.4, 0.5) is 0 Å². The van der Waals surface area contributed by atoms with Crippen LogP contribution in [-0.2, 0) is 9.84 Å². The van der Waals surface area contributed by atoms with Gasteiger partial charge in [0.25, 0.3) is 0 Å². The number of hydrogen-bond donors (Lipinski definition) is 0. The van der Waals surface area contributed by atoms with E-state index in [1.165, 1.54) is 12.8 Å². The lowest BCUT2D eigenvalue weighted by atomic mass is 10.3. The third-order valence-corrected chi connectivity index (χ3v) is 2.12. The third kappa shape index (κ3) is 2.77. The Balaban J connectivity index is 2.12. The van der Waals surface area contributed by atoms with Gasteiger partial charge in [-0.2, -0.15) is 0 Å². The van der Waals surface area contributed by atoms with Crippen LogP contribution >= 0.6 is 0 Å². The molecule has 1 aliphatic rings. The molecule has 0 spiro atoms. The molecule has 3 nitrogen and oxygen atoms in total. The summed E-state index contributed by atoms with van der Waals surface area (Å²) >= 11 is 0. The summed E-state index contributed by atoms with van der Waals surface area (Å²) in [5, 5.41) is 11.3. The van der Waals surface area contributed by atoms with Crippen LogP contribution in [0.2, 0.25) is 0 Å². The molecule has 0 saturated carbocycles. The molecule has 11 heavy (non-hydrogen) atoms. The number of methoxy groups -OCH3 is 1. The van der Waals surface area contributed by atoms with Gasteiger partial charge in [0.05, 0.1) is 6.61 Å². The first-order valence-electron chi connectivity index (χ1n) is 4.23. The summed E-state index contributed by atoms with van der Waals surface area (Å²) in [7, 11) is 1.64. The molecule has 1 aliphatic heterocycles. The van der Waals surface area contributed by atoms with Gasteiger partial charge in [0.15, 0.2) is 0 Å². The molecule has 0 aromatic rings. The maximum Gasteiger partial charge on any atom is 0.148 e. The first kappa shape index (κ1) is 8.97. The predicted molar refractivity (Wildman–Crippen MR) is 41.8 cm³/mol. The SMILES string of the molecule is COCCC([O])N1CCCC1. The topological polar surface area (TPSA) is 32.4 Å². The van der Waals surface area contributed by atoms with E-state index >= 15 is 0 Å². The average molecular weight is 158 g/mol. The van der Waals surface area contributed by atoms with Gasteiger partial charge in [-0.1, -0.05) is 0 Å². The molecule has 65 valence electrons. The van der Waals surface area contributed by atoms with Crippen molar-refractivity contribution < 1.29 is 9.84 Å². The smallest absolute Gasteiger partial charge is 0.148 e. The fourth-order valence-electron chi connectivity index (χ4n) is 1.43. The minimum Gasteiger partial charge on any atom is -0.385 e. The molecule has 0 N–H and O–H groups in total. The first-order valence-corrected chi connectivity index (χ1v) is 4.23. The van der Waals surface area contributed by atoms with Crippen LogP contribution in [0.25, 0.3) is 0 Å². The molecule has 0 aromatic carbocycles. The molecule has 0 amide bonds. The molecule has 1 radical (unpaired) electrons. The summed E-state index contributed by atoms with van der Waals surface area (Å²) in [5.74, 6) is 0. The maximum absolute atomic E-state index is 11.3. The largest absolute Gasteiger partial charge is 0.385 e. The third-order valence-electron chi connectivity index (χ3n) is 2.12. The molecule has 1 heterocycles. The molecular formula is C8H16NO2. The minimum absolute atomic E-state index is 0.530. The quantitative estimate of drug-likeness (QED) is 0.608. The Morgan fingerprint density at radius 3 is 2.64 bits per heavy atom. The highest BCUT2D eigenvalue weighted by molar-refractivity contribution is 4.68. The summed E-state index contributed by atoms with van der Waals surface area (Å²) in [6.45, 7) is 2.56. The van der Waals surface area contributed by atoms with E-state index in [0.29, 0.717) is 13.0 Å². The van der Waals surface area contributed by atoms with Crippen LogP contribution in [-0.4, -0.2) is 37.9 Å². The molecule has 0 bridgehead atoms. The number of hydrogen-bond acceptors (Lipinski definition) is 2. The first-order chi connectivity index (χ1) is 5.34. The molecule has 0 aliphatic carbocycles. The van der Waals surface area contributed by atoms with Crippen LogP contribution in [0.3, 0.4) is 0 Å². The zero-order chi connectivity index (χ0) is 8.10. The van der Waals surface area contributed by atoms with Crippen molar-refractivity contribution in [1.29, 1.82) is 0 Å². The molecule has 1 unspecified atom stereocenters. The highest BCUT2D eigenvalue weighted by atomic mass is 16.5. The highest BCUT2D eigenvalue weighted by Crippen LogP contribution is 2.12. The Labute approximate surface area is 68.0 Å². The van der Waals surface area contributed by atoms with Gasteiger partial charge in [0, 0.05) is 26.6 Å². The van der Waals surface area contributed by atoms with Crippen LogP contribution in [0.5, 0.6) is 0 Å². The van der Waals surface area contributed by atoms with E-state index in [4.69, 9.17) is 4.74 Å². The molecule has 1 rings (SSSR count). The maximum atomic E-state index is 11.3. The summed E-state index contributed by atoms with van der Waals surface area (Å²) in [6.07, 6.45) is 2.46. The fourth-order valence-corrected chi connectivity index (χ4v) is 1.43. The van der Waals surface area contributed by atoms with Crippen molar-refractivity contribution in [2.24, 2.45) is 0 Å². The van der Waals surface area contributed by atoms with E-state index in [0.717, 1.165) is 13.1 Å². The zero-order valence-corrected chi connectivity index (χ0v) is 7.08. The van der Waals surface area contributed by atoms with Crippen molar-refractivity contribution in [3.05, 3.63) is 0 Å². The Kier molecular flexibility index (Phi) is 3.83. The van der Waals surface area contributed by atoms with Crippen molar-refractivity contribution in [3.8, 4) is 0 Å². The van der Waals surface area contributed by atoms with E-state index in [2.05, 4.69) is 0 Å². The van der Waals surface area contributed by atoms with Crippen molar-refractivity contribution in [2.75, 3.05) is 26.8 Å². The van der Waals surface area contributed by atoms with Gasteiger partial charge in [-0.3, -0.25) is 4.90 Å². The summed E-state index contributed by atoms with van der Waals surface area (Å²) in [4.78, 5) is 2.00.